The van der Waals surface area contributed by atoms with Crippen molar-refractivity contribution < 1.29 is 17.6 Å². The normalized spacial score (nSPS) is 16.8. The van der Waals surface area contributed by atoms with Gasteiger partial charge in [0.2, 0.25) is 15.9 Å². The van der Waals surface area contributed by atoms with Crippen molar-refractivity contribution in [3.63, 3.8) is 0 Å². The Labute approximate surface area is 184 Å². The van der Waals surface area contributed by atoms with Crippen molar-refractivity contribution in [1.82, 2.24) is 9.21 Å². The number of halogens is 1. The third-order valence-electron chi connectivity index (χ3n) is 5.95. The molecule has 0 bridgehead atoms. The Morgan fingerprint density at radius 1 is 1.10 bits per heavy atom. The highest BCUT2D eigenvalue weighted by Crippen LogP contribution is 2.23. The summed E-state index contributed by atoms with van der Waals surface area (Å²) >= 11 is 0. The van der Waals surface area contributed by atoms with Crippen molar-refractivity contribution in [2.75, 3.05) is 19.6 Å². The molecule has 1 fully saturated rings. The van der Waals surface area contributed by atoms with Crippen LogP contribution in [0.1, 0.15) is 44.2 Å². The number of hydrogen-bond donors (Lipinski definition) is 0. The van der Waals surface area contributed by atoms with Crippen LogP contribution in [-0.2, 0) is 27.7 Å². The highest BCUT2D eigenvalue weighted by atomic mass is 32.2. The van der Waals surface area contributed by atoms with E-state index in [9.17, 15) is 17.6 Å². The molecular weight excluding hydrogens is 415 g/mol. The van der Waals surface area contributed by atoms with Gasteiger partial charge in [0.05, 0.1) is 4.90 Å². The van der Waals surface area contributed by atoms with Crippen LogP contribution >= 0.6 is 0 Å². The van der Waals surface area contributed by atoms with Gasteiger partial charge < -0.3 is 4.90 Å². The third kappa shape index (κ3) is 5.71. The number of rotatable bonds is 9. The number of hydrogen-bond acceptors (Lipinski definition) is 3. The maximum Gasteiger partial charge on any atom is 0.243 e. The molecule has 5 nitrogen and oxygen atoms in total. The second-order valence-corrected chi connectivity index (χ2v) is 9.89. The lowest BCUT2D eigenvalue weighted by Gasteiger charge is -2.25. The summed E-state index contributed by atoms with van der Waals surface area (Å²) in [5, 5.41) is 0. The van der Waals surface area contributed by atoms with Gasteiger partial charge in [-0.05, 0) is 61.1 Å². The first-order valence-corrected chi connectivity index (χ1v) is 12.4. The maximum atomic E-state index is 13.5. The number of aryl methyl sites for hydroxylation is 1. The molecule has 0 radical (unpaired) electrons. The van der Waals surface area contributed by atoms with Crippen LogP contribution in [0.2, 0.25) is 0 Å². The van der Waals surface area contributed by atoms with E-state index < -0.39 is 10.0 Å². The monoisotopic (exact) mass is 446 g/mol. The van der Waals surface area contributed by atoms with Crippen LogP contribution in [0.15, 0.2) is 53.4 Å². The molecule has 168 valence electrons. The van der Waals surface area contributed by atoms with Gasteiger partial charge in [-0.1, -0.05) is 38.1 Å². The van der Waals surface area contributed by atoms with Gasteiger partial charge in [0.25, 0.3) is 0 Å². The molecule has 3 rings (SSSR count). The SMILES string of the molecule is CCN(CC)S(=O)(=O)c1ccc(CCC(=O)N2CCCC2Cc2cccc(F)c2)cc1. The summed E-state index contributed by atoms with van der Waals surface area (Å²) in [4.78, 5) is 15.0. The number of carbonyl (C=O) groups excluding carboxylic acids is 1. The summed E-state index contributed by atoms with van der Waals surface area (Å²) < 4.78 is 40.1. The van der Waals surface area contributed by atoms with Gasteiger partial charge in [0, 0.05) is 32.1 Å². The van der Waals surface area contributed by atoms with Crippen molar-refractivity contribution in [3.05, 3.63) is 65.5 Å². The Morgan fingerprint density at radius 3 is 2.45 bits per heavy atom. The number of amides is 1. The minimum Gasteiger partial charge on any atom is -0.339 e. The number of likely N-dealkylation sites (tertiary alicyclic amines) is 1. The van der Waals surface area contributed by atoms with Crippen molar-refractivity contribution >= 4 is 15.9 Å². The second kappa shape index (κ2) is 10.4. The van der Waals surface area contributed by atoms with Crippen LogP contribution in [0.25, 0.3) is 0 Å². The Hall–Kier alpha value is -2.25. The molecule has 1 aliphatic rings. The predicted molar refractivity (Wildman–Crippen MR) is 120 cm³/mol. The first kappa shape index (κ1) is 23.4. The molecule has 2 aromatic carbocycles. The second-order valence-electron chi connectivity index (χ2n) is 7.95. The number of carbonyl (C=O) groups is 1. The summed E-state index contributed by atoms with van der Waals surface area (Å²) in [5.74, 6) is -0.154. The fraction of sp³-hybridized carbons (Fsp3) is 0.458. The lowest BCUT2D eigenvalue weighted by Crippen LogP contribution is -2.36. The minimum absolute atomic E-state index is 0.0961. The van der Waals surface area contributed by atoms with E-state index in [1.54, 1.807) is 30.3 Å². The van der Waals surface area contributed by atoms with Gasteiger partial charge in [0.15, 0.2) is 0 Å². The van der Waals surface area contributed by atoms with E-state index in [1.165, 1.54) is 16.4 Å². The lowest BCUT2D eigenvalue weighted by molar-refractivity contribution is -0.131. The molecule has 0 N–H and O–H groups in total. The average Bonchev–Trinajstić information content (AvgIpc) is 3.21. The molecule has 1 aliphatic heterocycles. The largest absolute Gasteiger partial charge is 0.339 e. The van der Waals surface area contributed by atoms with Gasteiger partial charge in [-0.2, -0.15) is 4.31 Å². The molecule has 1 atom stereocenters. The molecule has 1 unspecified atom stereocenters. The van der Waals surface area contributed by atoms with E-state index in [0.717, 1.165) is 30.5 Å². The van der Waals surface area contributed by atoms with Crippen molar-refractivity contribution in [3.8, 4) is 0 Å². The summed E-state index contributed by atoms with van der Waals surface area (Å²) in [6, 6.07) is 13.5. The molecule has 1 saturated heterocycles. The Morgan fingerprint density at radius 2 is 1.81 bits per heavy atom. The first-order chi connectivity index (χ1) is 14.8. The van der Waals surface area contributed by atoms with Crippen molar-refractivity contribution in [2.24, 2.45) is 0 Å². The van der Waals surface area contributed by atoms with Gasteiger partial charge in [-0.3, -0.25) is 4.79 Å². The minimum atomic E-state index is -3.47. The van der Waals surface area contributed by atoms with Crippen LogP contribution in [-0.4, -0.2) is 49.2 Å². The topological polar surface area (TPSA) is 57.7 Å². The summed E-state index contributed by atoms with van der Waals surface area (Å²) in [6.45, 7) is 5.24. The maximum absolute atomic E-state index is 13.5. The molecule has 0 spiro atoms. The summed E-state index contributed by atoms with van der Waals surface area (Å²) in [5.41, 5.74) is 1.85. The zero-order chi connectivity index (χ0) is 22.4. The fourth-order valence-corrected chi connectivity index (χ4v) is 5.71. The van der Waals surface area contributed by atoms with Crippen molar-refractivity contribution in [1.29, 1.82) is 0 Å². The zero-order valence-corrected chi connectivity index (χ0v) is 19.1. The molecule has 0 aromatic heterocycles. The molecule has 31 heavy (non-hydrogen) atoms. The highest BCUT2D eigenvalue weighted by molar-refractivity contribution is 7.89. The third-order valence-corrected chi connectivity index (χ3v) is 8.02. The summed E-state index contributed by atoms with van der Waals surface area (Å²) in [6.07, 6.45) is 3.50. The molecule has 7 heteroatoms. The molecule has 2 aromatic rings. The van der Waals surface area contributed by atoms with Gasteiger partial charge in [0.1, 0.15) is 5.82 Å². The Kier molecular flexibility index (Phi) is 7.84. The molecular formula is C24H31FN2O3S. The molecule has 0 saturated carbocycles. The van der Waals surface area contributed by atoms with Crippen LogP contribution in [0.5, 0.6) is 0 Å². The van der Waals surface area contributed by atoms with E-state index in [4.69, 9.17) is 0 Å². The van der Waals surface area contributed by atoms with E-state index in [1.807, 2.05) is 24.8 Å². The van der Waals surface area contributed by atoms with Crippen LogP contribution in [0, 0.1) is 5.82 Å². The number of nitrogens with zero attached hydrogens (tertiary/aromatic N) is 2. The first-order valence-electron chi connectivity index (χ1n) is 11.0. The van der Waals surface area contributed by atoms with Crippen molar-refractivity contribution in [2.45, 2.75) is 56.9 Å². The van der Waals surface area contributed by atoms with Crippen LogP contribution in [0.3, 0.4) is 0 Å². The zero-order valence-electron chi connectivity index (χ0n) is 18.3. The molecule has 0 aliphatic carbocycles. The van der Waals surface area contributed by atoms with E-state index in [-0.39, 0.29) is 22.7 Å². The highest BCUT2D eigenvalue weighted by Gasteiger charge is 2.28. The lowest BCUT2D eigenvalue weighted by atomic mass is 10.0. The quantitative estimate of drug-likeness (QED) is 0.585. The van der Waals surface area contributed by atoms with Gasteiger partial charge in [-0.25, -0.2) is 12.8 Å². The van der Waals surface area contributed by atoms with Crippen LogP contribution in [0.4, 0.5) is 4.39 Å². The standard InChI is InChI=1S/C24H31FN2O3S/c1-3-26(4-2)31(29,30)23-13-10-19(11-14-23)12-15-24(28)27-16-6-9-22(27)18-20-7-5-8-21(25)17-20/h5,7-8,10-11,13-14,17,22H,3-4,6,9,12,15-16,18H2,1-2H3. The Bertz CT molecular complexity index is 988. The van der Waals surface area contributed by atoms with Crippen LogP contribution < -0.4 is 0 Å². The van der Waals surface area contributed by atoms with E-state index in [0.29, 0.717) is 32.4 Å². The summed E-state index contributed by atoms with van der Waals surface area (Å²) in [7, 11) is -3.47. The fourth-order valence-electron chi connectivity index (χ4n) is 4.25. The Balaban J connectivity index is 1.58. The van der Waals surface area contributed by atoms with E-state index >= 15 is 0 Å². The average molecular weight is 447 g/mol. The molecule has 1 heterocycles. The molecule has 1 amide bonds. The number of benzene rings is 2. The van der Waals surface area contributed by atoms with E-state index in [2.05, 4.69) is 0 Å². The predicted octanol–water partition coefficient (Wildman–Crippen LogP) is 4.02. The van der Waals surface area contributed by atoms with Gasteiger partial charge >= 0.3 is 0 Å². The smallest absolute Gasteiger partial charge is 0.243 e. The number of sulfonamides is 1. The van der Waals surface area contributed by atoms with Gasteiger partial charge in [-0.15, -0.1) is 0 Å².